The minimum Gasteiger partial charge on any atom is -0.465 e. The van der Waals surface area contributed by atoms with Gasteiger partial charge in [0.05, 0.1) is 17.1 Å². The van der Waals surface area contributed by atoms with Gasteiger partial charge in [-0.15, -0.1) is 0 Å². The van der Waals surface area contributed by atoms with Crippen molar-refractivity contribution < 1.29 is 33.0 Å². The van der Waals surface area contributed by atoms with E-state index in [-0.39, 0.29) is 42.5 Å². The summed E-state index contributed by atoms with van der Waals surface area (Å²) in [4.78, 5) is 29.4. The van der Waals surface area contributed by atoms with Crippen LogP contribution >= 0.6 is 0 Å². The second-order valence-electron chi connectivity index (χ2n) is 9.74. The first kappa shape index (κ1) is 24.6. The van der Waals surface area contributed by atoms with E-state index in [0.29, 0.717) is 45.2 Å². The van der Waals surface area contributed by atoms with E-state index in [4.69, 9.17) is 0 Å². The number of carbonyl (C=O) groups excluding carboxylic acids is 1. The standard InChI is InChI=1S/C24H32F3N3O4/c1-2-29(22(33)34)17-6-9-20(19(14-17)24(25,26)27)28-12-3-10-23(15-28)11-13-30(21(23)32)16-4-7-18(31)8-5-16/h6,9,14,16,18,31H,2-5,7-8,10-13,15H2,1H3,(H,33,34). The Hall–Kier alpha value is -2.49. The van der Waals surface area contributed by atoms with Crippen molar-refractivity contribution >= 4 is 23.4 Å². The number of aliphatic hydroxyl groups excluding tert-OH is 1. The van der Waals surface area contributed by atoms with E-state index in [2.05, 4.69) is 0 Å². The molecule has 1 aromatic carbocycles. The molecule has 3 aliphatic rings. The second kappa shape index (κ2) is 9.28. The summed E-state index contributed by atoms with van der Waals surface area (Å²) in [7, 11) is 0. The van der Waals surface area contributed by atoms with E-state index >= 15 is 0 Å². The number of alkyl halides is 3. The molecule has 0 bridgehead atoms. The Kier molecular flexibility index (Phi) is 6.72. The van der Waals surface area contributed by atoms with E-state index in [9.17, 15) is 33.0 Å². The van der Waals surface area contributed by atoms with Gasteiger partial charge >= 0.3 is 12.3 Å². The first-order valence-corrected chi connectivity index (χ1v) is 12.0. The van der Waals surface area contributed by atoms with Crippen LogP contribution in [0.1, 0.15) is 57.4 Å². The van der Waals surface area contributed by atoms with Crippen molar-refractivity contribution in [1.29, 1.82) is 0 Å². The van der Waals surface area contributed by atoms with Crippen molar-refractivity contribution in [3.63, 3.8) is 0 Å². The number of aliphatic hydroxyl groups is 1. The van der Waals surface area contributed by atoms with Crippen LogP contribution in [0.2, 0.25) is 0 Å². The van der Waals surface area contributed by atoms with E-state index in [1.54, 1.807) is 11.8 Å². The van der Waals surface area contributed by atoms with Gasteiger partial charge in [0.1, 0.15) is 0 Å². The van der Waals surface area contributed by atoms with Crippen molar-refractivity contribution in [1.82, 2.24) is 4.90 Å². The number of likely N-dealkylation sites (tertiary alicyclic amines) is 1. The van der Waals surface area contributed by atoms with Crippen molar-refractivity contribution in [2.75, 3.05) is 36.0 Å². The lowest BCUT2D eigenvalue weighted by Crippen LogP contribution is -2.50. The molecule has 1 atom stereocenters. The lowest BCUT2D eigenvalue weighted by Gasteiger charge is -2.42. The highest BCUT2D eigenvalue weighted by atomic mass is 19.4. The van der Waals surface area contributed by atoms with E-state index in [1.165, 1.54) is 12.1 Å². The van der Waals surface area contributed by atoms with Gasteiger partial charge < -0.3 is 20.0 Å². The minimum atomic E-state index is -4.66. The molecule has 1 unspecified atom stereocenters. The maximum atomic E-state index is 14.0. The first-order valence-electron chi connectivity index (χ1n) is 12.0. The molecule has 2 N–H and O–H groups in total. The highest BCUT2D eigenvalue weighted by Gasteiger charge is 2.51. The Labute approximate surface area is 197 Å². The highest BCUT2D eigenvalue weighted by molar-refractivity contribution is 5.88. The Balaban J connectivity index is 1.59. The molecule has 3 fully saturated rings. The predicted octanol–water partition coefficient (Wildman–Crippen LogP) is 4.33. The molecule has 4 rings (SSSR count). The number of hydrogen-bond donors (Lipinski definition) is 2. The average Bonchev–Trinajstić information content (AvgIpc) is 3.09. The Bertz CT molecular complexity index is 933. The number of anilines is 2. The molecule has 34 heavy (non-hydrogen) atoms. The fraction of sp³-hybridized carbons (Fsp3) is 0.667. The van der Waals surface area contributed by atoms with Gasteiger partial charge in [-0.25, -0.2) is 4.79 Å². The number of benzene rings is 1. The number of amides is 2. The van der Waals surface area contributed by atoms with Gasteiger partial charge in [0.15, 0.2) is 0 Å². The molecule has 0 radical (unpaired) electrons. The van der Waals surface area contributed by atoms with Crippen LogP contribution in [-0.4, -0.2) is 65.4 Å². The quantitative estimate of drug-likeness (QED) is 0.666. The van der Waals surface area contributed by atoms with Gasteiger partial charge in [0.2, 0.25) is 5.91 Å². The Morgan fingerprint density at radius 1 is 1.18 bits per heavy atom. The number of piperidine rings is 1. The molecule has 7 nitrogen and oxygen atoms in total. The third-order valence-electron chi connectivity index (χ3n) is 7.71. The molecule has 1 saturated carbocycles. The van der Waals surface area contributed by atoms with Crippen LogP contribution in [0.25, 0.3) is 0 Å². The van der Waals surface area contributed by atoms with Gasteiger partial charge in [-0.3, -0.25) is 9.69 Å². The van der Waals surface area contributed by atoms with Gasteiger partial charge in [0, 0.05) is 43.6 Å². The van der Waals surface area contributed by atoms with Gasteiger partial charge in [-0.2, -0.15) is 13.2 Å². The number of nitrogens with zero attached hydrogens (tertiary/aromatic N) is 3. The van der Waals surface area contributed by atoms with Crippen LogP contribution in [-0.2, 0) is 11.0 Å². The summed E-state index contributed by atoms with van der Waals surface area (Å²) in [6.45, 7) is 2.82. The molecular formula is C24H32F3N3O4. The molecule has 188 valence electrons. The lowest BCUT2D eigenvalue weighted by molar-refractivity contribution is -0.139. The molecule has 10 heteroatoms. The molecule has 1 spiro atoms. The van der Waals surface area contributed by atoms with Crippen molar-refractivity contribution in [3.05, 3.63) is 23.8 Å². The van der Waals surface area contributed by atoms with Gasteiger partial charge in [-0.1, -0.05) is 0 Å². The summed E-state index contributed by atoms with van der Waals surface area (Å²) in [5.74, 6) is 0.0202. The third-order valence-corrected chi connectivity index (χ3v) is 7.71. The zero-order valence-corrected chi connectivity index (χ0v) is 19.4. The largest absolute Gasteiger partial charge is 0.465 e. The zero-order chi connectivity index (χ0) is 24.7. The number of halogens is 3. The van der Waals surface area contributed by atoms with Crippen LogP contribution in [0.3, 0.4) is 0 Å². The summed E-state index contributed by atoms with van der Waals surface area (Å²) in [5.41, 5.74) is -1.62. The molecule has 2 amide bonds. The molecule has 1 aromatic rings. The fourth-order valence-corrected chi connectivity index (χ4v) is 5.90. The van der Waals surface area contributed by atoms with Gasteiger partial charge in [0.25, 0.3) is 0 Å². The first-order chi connectivity index (χ1) is 16.1. The summed E-state index contributed by atoms with van der Waals surface area (Å²) in [6, 6.07) is 3.72. The maximum Gasteiger partial charge on any atom is 0.418 e. The summed E-state index contributed by atoms with van der Waals surface area (Å²) in [5, 5.41) is 19.1. The van der Waals surface area contributed by atoms with Crippen LogP contribution in [0.4, 0.5) is 29.3 Å². The molecular weight excluding hydrogens is 451 g/mol. The maximum absolute atomic E-state index is 14.0. The van der Waals surface area contributed by atoms with E-state index in [1.807, 2.05) is 4.90 Å². The normalized spacial score (nSPS) is 28.0. The lowest BCUT2D eigenvalue weighted by atomic mass is 9.78. The van der Waals surface area contributed by atoms with E-state index < -0.39 is 23.2 Å². The fourth-order valence-electron chi connectivity index (χ4n) is 5.90. The van der Waals surface area contributed by atoms with Crippen LogP contribution in [0.5, 0.6) is 0 Å². The van der Waals surface area contributed by atoms with E-state index in [0.717, 1.165) is 23.8 Å². The van der Waals surface area contributed by atoms with Crippen molar-refractivity contribution in [3.8, 4) is 0 Å². The number of rotatable bonds is 4. The predicted molar refractivity (Wildman–Crippen MR) is 121 cm³/mol. The zero-order valence-electron chi connectivity index (χ0n) is 19.4. The molecule has 2 saturated heterocycles. The Morgan fingerprint density at radius 2 is 1.88 bits per heavy atom. The highest BCUT2D eigenvalue weighted by Crippen LogP contribution is 2.46. The monoisotopic (exact) mass is 483 g/mol. The number of carbonyl (C=O) groups is 2. The van der Waals surface area contributed by atoms with Crippen molar-refractivity contribution in [2.24, 2.45) is 5.41 Å². The number of hydrogen-bond acceptors (Lipinski definition) is 4. The summed E-state index contributed by atoms with van der Waals surface area (Å²) < 4.78 is 42.1. The summed E-state index contributed by atoms with van der Waals surface area (Å²) >= 11 is 0. The minimum absolute atomic E-state index is 0.0104. The van der Waals surface area contributed by atoms with Crippen LogP contribution < -0.4 is 9.80 Å². The smallest absolute Gasteiger partial charge is 0.418 e. The van der Waals surface area contributed by atoms with Gasteiger partial charge in [-0.05, 0) is 70.1 Å². The Morgan fingerprint density at radius 3 is 2.50 bits per heavy atom. The summed E-state index contributed by atoms with van der Waals surface area (Å²) in [6.07, 6.45) is -1.58. The third kappa shape index (κ3) is 4.56. The molecule has 0 aromatic heterocycles. The van der Waals surface area contributed by atoms with Crippen molar-refractivity contribution in [2.45, 2.75) is 70.2 Å². The number of carboxylic acid groups (broad SMARTS) is 1. The van der Waals surface area contributed by atoms with Crippen LogP contribution in [0, 0.1) is 5.41 Å². The molecule has 2 aliphatic heterocycles. The second-order valence-corrected chi connectivity index (χ2v) is 9.74. The SMILES string of the molecule is CCN(C(=O)O)c1ccc(N2CCCC3(CCN(C4CCC(O)CC4)C3=O)C2)c(C(F)(F)F)c1. The molecule has 1 aliphatic carbocycles. The molecule has 2 heterocycles. The average molecular weight is 484 g/mol. The van der Waals surface area contributed by atoms with Crippen LogP contribution in [0.15, 0.2) is 18.2 Å². The topological polar surface area (TPSA) is 84.3 Å².